The van der Waals surface area contributed by atoms with Crippen molar-refractivity contribution in [3.63, 3.8) is 0 Å². The first-order valence-electron chi connectivity index (χ1n) is 6.25. The van der Waals surface area contributed by atoms with Crippen molar-refractivity contribution in [3.05, 3.63) is 11.1 Å². The van der Waals surface area contributed by atoms with Gasteiger partial charge >= 0.3 is 5.97 Å². The molecule has 110 valence electrons. The number of amides is 3. The predicted octanol–water partition coefficient (Wildman–Crippen LogP) is -0.239. The van der Waals surface area contributed by atoms with Gasteiger partial charge in [-0.3, -0.25) is 24.1 Å². The minimum absolute atomic E-state index is 0.0131. The molecule has 0 aromatic carbocycles. The van der Waals surface area contributed by atoms with Crippen LogP contribution in [0.5, 0.6) is 0 Å². The molecule has 1 heterocycles. The Labute approximate surface area is 116 Å². The van der Waals surface area contributed by atoms with Gasteiger partial charge in [0, 0.05) is 30.7 Å². The zero-order chi connectivity index (χ0) is 15.3. The fourth-order valence-electron chi connectivity index (χ4n) is 1.73. The van der Waals surface area contributed by atoms with Gasteiger partial charge in [0.15, 0.2) is 0 Å². The second-order valence-corrected chi connectivity index (χ2v) is 4.44. The number of esters is 1. The third-order valence-electron chi connectivity index (χ3n) is 3.14. The number of carbonyl (C=O) groups is 4. The maximum atomic E-state index is 11.7. The van der Waals surface area contributed by atoms with Crippen molar-refractivity contribution in [2.45, 2.75) is 26.7 Å². The van der Waals surface area contributed by atoms with Gasteiger partial charge in [-0.2, -0.15) is 0 Å². The van der Waals surface area contributed by atoms with Gasteiger partial charge in [0.25, 0.3) is 11.8 Å². The highest BCUT2D eigenvalue weighted by molar-refractivity contribution is 6.18. The number of ether oxygens (including phenoxy) is 1. The Bertz CT molecular complexity index is 457. The average molecular weight is 282 g/mol. The summed E-state index contributed by atoms with van der Waals surface area (Å²) in [5.41, 5.74) is 0.835. The maximum absolute atomic E-state index is 11.7. The molecule has 1 N–H and O–H groups in total. The Balaban J connectivity index is 2.34. The quantitative estimate of drug-likeness (QED) is 0.536. The molecule has 0 aliphatic carbocycles. The van der Waals surface area contributed by atoms with Crippen LogP contribution in [0.1, 0.15) is 26.7 Å². The van der Waals surface area contributed by atoms with Gasteiger partial charge in [0.1, 0.15) is 0 Å². The topological polar surface area (TPSA) is 92.8 Å². The summed E-state index contributed by atoms with van der Waals surface area (Å²) in [4.78, 5) is 46.9. The Morgan fingerprint density at radius 3 is 2.15 bits per heavy atom. The fourth-order valence-corrected chi connectivity index (χ4v) is 1.73. The third kappa shape index (κ3) is 3.66. The Hall–Kier alpha value is -2.18. The number of nitrogens with zero attached hydrogens (tertiary/aromatic N) is 1. The second-order valence-electron chi connectivity index (χ2n) is 4.44. The molecule has 3 amide bonds. The van der Waals surface area contributed by atoms with Crippen molar-refractivity contribution >= 4 is 23.7 Å². The molecule has 0 aromatic heterocycles. The molecule has 1 rings (SSSR count). The van der Waals surface area contributed by atoms with E-state index in [0.29, 0.717) is 11.1 Å². The molecule has 0 atom stereocenters. The van der Waals surface area contributed by atoms with E-state index in [1.54, 1.807) is 13.8 Å². The molecule has 0 aromatic rings. The zero-order valence-corrected chi connectivity index (χ0v) is 11.8. The first-order valence-corrected chi connectivity index (χ1v) is 6.25. The molecule has 7 heteroatoms. The van der Waals surface area contributed by atoms with Gasteiger partial charge in [0.2, 0.25) is 5.91 Å². The van der Waals surface area contributed by atoms with Gasteiger partial charge in [-0.25, -0.2) is 0 Å². The van der Waals surface area contributed by atoms with Gasteiger partial charge in [-0.1, -0.05) is 0 Å². The van der Waals surface area contributed by atoms with E-state index in [1.807, 2.05) is 0 Å². The van der Waals surface area contributed by atoms with Crippen LogP contribution in [0.4, 0.5) is 0 Å². The first kappa shape index (κ1) is 15.9. The van der Waals surface area contributed by atoms with E-state index in [1.165, 1.54) is 7.11 Å². The maximum Gasteiger partial charge on any atom is 0.307 e. The number of imide groups is 1. The van der Waals surface area contributed by atoms with Crippen LogP contribution >= 0.6 is 0 Å². The summed E-state index contributed by atoms with van der Waals surface area (Å²) in [6, 6.07) is 0. The smallest absolute Gasteiger partial charge is 0.307 e. The summed E-state index contributed by atoms with van der Waals surface area (Å²) in [6.45, 7) is 3.39. The highest BCUT2D eigenvalue weighted by atomic mass is 16.5. The van der Waals surface area contributed by atoms with E-state index in [-0.39, 0.29) is 43.7 Å². The Kier molecular flexibility index (Phi) is 5.42. The lowest BCUT2D eigenvalue weighted by Gasteiger charge is -2.14. The predicted molar refractivity (Wildman–Crippen MR) is 69.4 cm³/mol. The number of hydrogen-bond acceptors (Lipinski definition) is 5. The van der Waals surface area contributed by atoms with E-state index in [9.17, 15) is 19.2 Å². The highest BCUT2D eigenvalue weighted by Crippen LogP contribution is 2.19. The third-order valence-corrected chi connectivity index (χ3v) is 3.14. The fraction of sp³-hybridized carbons (Fsp3) is 0.538. The summed E-state index contributed by atoms with van der Waals surface area (Å²) >= 11 is 0. The molecule has 0 unspecified atom stereocenters. The number of carbonyl (C=O) groups excluding carboxylic acids is 4. The summed E-state index contributed by atoms with van der Waals surface area (Å²) in [7, 11) is 1.27. The molecular weight excluding hydrogens is 264 g/mol. The molecule has 0 saturated heterocycles. The van der Waals surface area contributed by atoms with E-state index < -0.39 is 5.97 Å². The molecule has 0 radical (unpaired) electrons. The monoisotopic (exact) mass is 282 g/mol. The van der Waals surface area contributed by atoms with Crippen LogP contribution < -0.4 is 5.32 Å². The molecule has 0 spiro atoms. The van der Waals surface area contributed by atoms with Gasteiger partial charge < -0.3 is 10.1 Å². The lowest BCUT2D eigenvalue weighted by molar-refractivity contribution is -0.140. The first-order chi connectivity index (χ1) is 9.38. The number of methoxy groups -OCH3 is 1. The molecule has 1 aliphatic heterocycles. The number of rotatable bonds is 6. The van der Waals surface area contributed by atoms with Crippen LogP contribution in [0.15, 0.2) is 11.1 Å². The molecular formula is C13H18N2O5. The molecule has 0 bridgehead atoms. The van der Waals surface area contributed by atoms with E-state index in [2.05, 4.69) is 10.1 Å². The molecule has 20 heavy (non-hydrogen) atoms. The lowest BCUT2D eigenvalue weighted by Crippen LogP contribution is -2.36. The molecule has 0 saturated carbocycles. The zero-order valence-electron chi connectivity index (χ0n) is 11.8. The van der Waals surface area contributed by atoms with Crippen LogP contribution in [0, 0.1) is 0 Å². The summed E-state index contributed by atoms with van der Waals surface area (Å²) < 4.78 is 4.43. The largest absolute Gasteiger partial charge is 0.469 e. The van der Waals surface area contributed by atoms with Gasteiger partial charge in [0.05, 0.1) is 13.5 Å². The van der Waals surface area contributed by atoms with Crippen LogP contribution in [0.2, 0.25) is 0 Å². The average Bonchev–Trinajstić information content (AvgIpc) is 2.61. The van der Waals surface area contributed by atoms with Crippen LogP contribution in [-0.2, 0) is 23.9 Å². The normalized spacial score (nSPS) is 14.8. The number of hydrogen-bond donors (Lipinski definition) is 1. The van der Waals surface area contributed by atoms with Crippen LogP contribution in [0.3, 0.4) is 0 Å². The minimum Gasteiger partial charge on any atom is -0.469 e. The minimum atomic E-state index is -0.411. The Morgan fingerprint density at radius 1 is 1.10 bits per heavy atom. The van der Waals surface area contributed by atoms with Crippen molar-refractivity contribution in [2.24, 2.45) is 0 Å². The summed E-state index contributed by atoms with van der Waals surface area (Å²) in [5, 5.41) is 2.52. The van der Waals surface area contributed by atoms with E-state index in [4.69, 9.17) is 0 Å². The van der Waals surface area contributed by atoms with Crippen molar-refractivity contribution < 1.29 is 23.9 Å². The second kappa shape index (κ2) is 6.83. The van der Waals surface area contributed by atoms with Crippen molar-refractivity contribution in [2.75, 3.05) is 20.2 Å². The summed E-state index contributed by atoms with van der Waals surface area (Å²) in [5.74, 6) is -1.44. The van der Waals surface area contributed by atoms with E-state index in [0.717, 1.165) is 4.90 Å². The van der Waals surface area contributed by atoms with Crippen molar-refractivity contribution in [3.8, 4) is 0 Å². The molecule has 0 fully saturated rings. The van der Waals surface area contributed by atoms with E-state index >= 15 is 0 Å². The van der Waals surface area contributed by atoms with Crippen molar-refractivity contribution in [1.82, 2.24) is 10.2 Å². The summed E-state index contributed by atoms with van der Waals surface area (Å²) in [6.07, 6.45) is 0.1000. The van der Waals surface area contributed by atoms with Crippen LogP contribution in [-0.4, -0.2) is 48.8 Å². The van der Waals surface area contributed by atoms with Crippen LogP contribution in [0.25, 0.3) is 0 Å². The van der Waals surface area contributed by atoms with Crippen molar-refractivity contribution in [1.29, 1.82) is 0 Å². The van der Waals surface area contributed by atoms with Gasteiger partial charge in [-0.05, 0) is 13.8 Å². The lowest BCUT2D eigenvalue weighted by atomic mass is 10.2. The number of nitrogens with one attached hydrogen (secondary N) is 1. The molecule has 1 aliphatic rings. The SMILES string of the molecule is COC(=O)CCNC(=O)CCN1C(=O)C(C)=C(C)C1=O. The molecule has 7 nitrogen and oxygen atoms in total. The standard InChI is InChI=1S/C13H18N2O5/c1-8-9(2)13(19)15(12(8)18)7-5-10(16)14-6-4-11(17)20-3/h4-7H2,1-3H3,(H,14,16). The highest BCUT2D eigenvalue weighted by Gasteiger charge is 2.33. The van der Waals surface area contributed by atoms with Gasteiger partial charge in [-0.15, -0.1) is 0 Å². The Morgan fingerprint density at radius 2 is 1.65 bits per heavy atom.